The van der Waals surface area contributed by atoms with Gasteiger partial charge in [0.05, 0.1) is 25.6 Å². The average Bonchev–Trinajstić information content (AvgIpc) is 2.93. The van der Waals surface area contributed by atoms with Crippen molar-refractivity contribution in [3.05, 3.63) is 113 Å². The molecule has 0 aromatic heterocycles. The summed E-state index contributed by atoms with van der Waals surface area (Å²) < 4.78 is 16.8. The first-order valence-corrected chi connectivity index (χ1v) is 11.7. The summed E-state index contributed by atoms with van der Waals surface area (Å²) in [6.07, 6.45) is 0. The van der Waals surface area contributed by atoms with Crippen LogP contribution in [0.5, 0.6) is 17.2 Å². The third-order valence-electron chi connectivity index (χ3n) is 5.64. The fourth-order valence-corrected chi connectivity index (χ4v) is 3.77. The Balaban J connectivity index is 1.49. The molecule has 2 amide bonds. The SMILES string of the molecule is COc1cc(NC(=O)c2cccc(OCc3cccc(C)c3)c2)c(OC)cc1NC(=O)c1ccccc1. The van der Waals surface area contributed by atoms with Gasteiger partial charge in [-0.15, -0.1) is 0 Å². The van der Waals surface area contributed by atoms with Gasteiger partial charge in [-0.05, 0) is 42.8 Å². The first-order chi connectivity index (χ1) is 18.0. The highest BCUT2D eigenvalue weighted by atomic mass is 16.5. The molecule has 7 nitrogen and oxygen atoms in total. The van der Waals surface area contributed by atoms with Crippen molar-refractivity contribution in [1.82, 2.24) is 0 Å². The minimum absolute atomic E-state index is 0.291. The summed E-state index contributed by atoms with van der Waals surface area (Å²) in [7, 11) is 2.97. The standard InChI is InChI=1S/C30H28N2O5/c1-20-9-7-10-21(15-20)19-37-24-14-8-13-23(16-24)30(34)32-26-18-27(35-2)25(17-28(26)36-3)31-29(33)22-11-5-4-6-12-22/h4-18H,19H2,1-3H3,(H,31,33)(H,32,34). The molecular formula is C30H28N2O5. The predicted octanol–water partition coefficient (Wildman–Crippen LogP) is 6.10. The average molecular weight is 497 g/mol. The van der Waals surface area contributed by atoms with Gasteiger partial charge in [-0.1, -0.05) is 54.1 Å². The van der Waals surface area contributed by atoms with E-state index < -0.39 is 0 Å². The Kier molecular flexibility index (Phi) is 8.05. The molecule has 0 aliphatic carbocycles. The van der Waals surface area contributed by atoms with Crippen molar-refractivity contribution < 1.29 is 23.8 Å². The van der Waals surface area contributed by atoms with E-state index in [2.05, 4.69) is 16.7 Å². The Morgan fingerprint density at radius 3 is 1.89 bits per heavy atom. The number of rotatable bonds is 9. The molecule has 0 bridgehead atoms. The van der Waals surface area contributed by atoms with Crippen LogP contribution in [0, 0.1) is 6.92 Å². The monoisotopic (exact) mass is 496 g/mol. The molecule has 4 rings (SSSR count). The molecule has 188 valence electrons. The predicted molar refractivity (Wildman–Crippen MR) is 144 cm³/mol. The topological polar surface area (TPSA) is 85.9 Å². The lowest BCUT2D eigenvalue weighted by atomic mass is 10.1. The zero-order valence-corrected chi connectivity index (χ0v) is 20.9. The Bertz CT molecular complexity index is 1400. The number of amides is 2. The van der Waals surface area contributed by atoms with Crippen LogP contribution in [0.1, 0.15) is 31.8 Å². The molecule has 0 atom stereocenters. The molecule has 0 radical (unpaired) electrons. The second kappa shape index (κ2) is 11.8. The highest BCUT2D eigenvalue weighted by Crippen LogP contribution is 2.37. The molecular weight excluding hydrogens is 468 g/mol. The lowest BCUT2D eigenvalue weighted by Gasteiger charge is -2.16. The molecule has 0 spiro atoms. The number of hydrogen-bond acceptors (Lipinski definition) is 5. The van der Waals surface area contributed by atoms with Gasteiger partial charge in [0.25, 0.3) is 11.8 Å². The van der Waals surface area contributed by atoms with Crippen LogP contribution in [0.4, 0.5) is 11.4 Å². The number of carbonyl (C=O) groups excluding carboxylic acids is 2. The molecule has 0 aliphatic heterocycles. The minimum atomic E-state index is -0.345. The van der Waals surface area contributed by atoms with E-state index in [9.17, 15) is 9.59 Å². The van der Waals surface area contributed by atoms with Gasteiger partial charge in [-0.3, -0.25) is 9.59 Å². The number of benzene rings is 4. The second-order valence-electron chi connectivity index (χ2n) is 8.33. The molecule has 0 saturated carbocycles. The highest BCUT2D eigenvalue weighted by Gasteiger charge is 2.17. The number of methoxy groups -OCH3 is 2. The lowest BCUT2D eigenvalue weighted by Crippen LogP contribution is -2.15. The van der Waals surface area contributed by atoms with Gasteiger partial charge in [0.15, 0.2) is 0 Å². The van der Waals surface area contributed by atoms with Crippen molar-refractivity contribution in [3.63, 3.8) is 0 Å². The van der Waals surface area contributed by atoms with Crippen LogP contribution < -0.4 is 24.8 Å². The van der Waals surface area contributed by atoms with Gasteiger partial charge >= 0.3 is 0 Å². The summed E-state index contributed by atoms with van der Waals surface area (Å²) >= 11 is 0. The quantitative estimate of drug-likeness (QED) is 0.293. The van der Waals surface area contributed by atoms with Crippen molar-refractivity contribution >= 4 is 23.2 Å². The molecule has 0 aliphatic rings. The van der Waals surface area contributed by atoms with Crippen molar-refractivity contribution in [2.24, 2.45) is 0 Å². The third kappa shape index (κ3) is 6.46. The van der Waals surface area contributed by atoms with E-state index in [1.807, 2.05) is 31.2 Å². The third-order valence-corrected chi connectivity index (χ3v) is 5.64. The van der Waals surface area contributed by atoms with E-state index >= 15 is 0 Å². The number of nitrogens with one attached hydrogen (secondary N) is 2. The number of aryl methyl sites for hydroxylation is 1. The van der Waals surface area contributed by atoms with Gasteiger partial charge in [-0.25, -0.2) is 0 Å². The van der Waals surface area contributed by atoms with Gasteiger partial charge in [0.2, 0.25) is 0 Å². The molecule has 7 heteroatoms. The molecule has 0 saturated heterocycles. The van der Waals surface area contributed by atoms with Crippen LogP contribution in [-0.2, 0) is 6.61 Å². The van der Waals surface area contributed by atoms with Gasteiger partial charge < -0.3 is 24.8 Å². The highest BCUT2D eigenvalue weighted by molar-refractivity contribution is 6.07. The smallest absolute Gasteiger partial charge is 0.255 e. The summed E-state index contributed by atoms with van der Waals surface area (Å²) in [5, 5.41) is 5.69. The van der Waals surface area contributed by atoms with E-state index in [0.29, 0.717) is 46.4 Å². The second-order valence-corrected chi connectivity index (χ2v) is 8.33. The Morgan fingerprint density at radius 2 is 1.27 bits per heavy atom. The van der Waals surface area contributed by atoms with Crippen LogP contribution in [0.25, 0.3) is 0 Å². The van der Waals surface area contributed by atoms with Crippen molar-refractivity contribution in [2.45, 2.75) is 13.5 Å². The fourth-order valence-electron chi connectivity index (χ4n) is 3.77. The lowest BCUT2D eigenvalue weighted by molar-refractivity contribution is 0.101. The van der Waals surface area contributed by atoms with Crippen molar-refractivity contribution in [1.29, 1.82) is 0 Å². The molecule has 2 N–H and O–H groups in total. The molecule has 37 heavy (non-hydrogen) atoms. The van der Waals surface area contributed by atoms with Crippen LogP contribution in [-0.4, -0.2) is 26.0 Å². The molecule has 0 fully saturated rings. The number of ether oxygens (including phenoxy) is 3. The molecule has 0 unspecified atom stereocenters. The summed E-state index contributed by atoms with van der Waals surface area (Å²) in [5.41, 5.74) is 3.94. The molecule has 4 aromatic carbocycles. The largest absolute Gasteiger partial charge is 0.494 e. The fraction of sp³-hybridized carbons (Fsp3) is 0.133. The maximum absolute atomic E-state index is 13.1. The normalized spacial score (nSPS) is 10.4. The molecule has 0 heterocycles. The summed E-state index contributed by atoms with van der Waals surface area (Å²) in [4.78, 5) is 25.7. The van der Waals surface area contributed by atoms with Gasteiger partial charge in [0, 0.05) is 23.3 Å². The summed E-state index contributed by atoms with van der Waals surface area (Å²) in [5.74, 6) is 0.681. The minimum Gasteiger partial charge on any atom is -0.494 e. The van der Waals surface area contributed by atoms with Crippen LogP contribution in [0.3, 0.4) is 0 Å². The van der Waals surface area contributed by atoms with Crippen molar-refractivity contribution in [3.8, 4) is 17.2 Å². The van der Waals surface area contributed by atoms with Crippen LogP contribution in [0.15, 0.2) is 91.0 Å². The number of anilines is 2. The summed E-state index contributed by atoms with van der Waals surface area (Å²) in [6, 6.07) is 27.1. The van der Waals surface area contributed by atoms with Gasteiger partial charge in [-0.2, -0.15) is 0 Å². The van der Waals surface area contributed by atoms with Crippen molar-refractivity contribution in [2.75, 3.05) is 24.9 Å². The Morgan fingerprint density at radius 1 is 0.676 bits per heavy atom. The Labute approximate surface area is 216 Å². The first-order valence-electron chi connectivity index (χ1n) is 11.7. The maximum atomic E-state index is 13.1. The van der Waals surface area contributed by atoms with E-state index in [-0.39, 0.29) is 11.8 Å². The van der Waals surface area contributed by atoms with E-state index in [0.717, 1.165) is 11.1 Å². The number of hydrogen-bond donors (Lipinski definition) is 2. The van der Waals surface area contributed by atoms with E-state index in [4.69, 9.17) is 14.2 Å². The van der Waals surface area contributed by atoms with E-state index in [1.165, 1.54) is 14.2 Å². The maximum Gasteiger partial charge on any atom is 0.255 e. The number of carbonyl (C=O) groups is 2. The van der Waals surface area contributed by atoms with Crippen LogP contribution >= 0.6 is 0 Å². The first kappa shape index (κ1) is 25.3. The molecule has 4 aromatic rings. The zero-order valence-electron chi connectivity index (χ0n) is 20.9. The summed E-state index contributed by atoms with van der Waals surface area (Å²) in [6.45, 7) is 2.43. The van der Waals surface area contributed by atoms with Crippen LogP contribution in [0.2, 0.25) is 0 Å². The van der Waals surface area contributed by atoms with Gasteiger partial charge in [0.1, 0.15) is 23.9 Å². The zero-order chi connectivity index (χ0) is 26.2. The van der Waals surface area contributed by atoms with E-state index in [1.54, 1.807) is 60.7 Å². The Hall–Kier alpha value is -4.78.